The summed E-state index contributed by atoms with van der Waals surface area (Å²) in [5, 5.41) is 0. The van der Waals surface area contributed by atoms with Gasteiger partial charge in [-0.15, -0.1) is 0 Å². The van der Waals surface area contributed by atoms with Gasteiger partial charge in [0.15, 0.2) is 0 Å². The van der Waals surface area contributed by atoms with Crippen molar-refractivity contribution in [2.24, 2.45) is 17.3 Å². The van der Waals surface area contributed by atoms with Crippen LogP contribution >= 0.6 is 0 Å². The zero-order valence-corrected chi connectivity index (χ0v) is 6.48. The summed E-state index contributed by atoms with van der Waals surface area (Å²) in [4.78, 5) is 0. The number of hydrogen-bond acceptors (Lipinski definition) is 0. The molecule has 3 atom stereocenters. The van der Waals surface area contributed by atoms with Crippen molar-refractivity contribution < 1.29 is 0 Å². The van der Waals surface area contributed by atoms with Gasteiger partial charge in [-0.25, -0.2) is 0 Å². The Kier molecular flexibility index (Phi) is 0.980. The molecule has 2 aliphatic carbocycles. The van der Waals surface area contributed by atoms with Crippen LogP contribution in [0.5, 0.6) is 0 Å². The second-order valence-corrected chi connectivity index (χ2v) is 4.33. The highest BCUT2D eigenvalue weighted by atomic mass is 14.6. The average molecular weight is 124 g/mol. The zero-order valence-electron chi connectivity index (χ0n) is 6.48. The van der Waals surface area contributed by atoms with Crippen LogP contribution in [-0.4, -0.2) is 0 Å². The third-order valence-electron chi connectivity index (χ3n) is 3.52. The lowest BCUT2D eigenvalue weighted by Crippen LogP contribution is -2.11. The molecule has 2 unspecified atom stereocenters. The van der Waals surface area contributed by atoms with Crippen molar-refractivity contribution in [1.29, 1.82) is 0 Å². The number of rotatable bonds is 0. The Morgan fingerprint density at radius 3 is 2.78 bits per heavy atom. The second-order valence-electron chi connectivity index (χ2n) is 4.33. The van der Waals surface area contributed by atoms with Crippen LogP contribution in [-0.2, 0) is 0 Å². The van der Waals surface area contributed by atoms with Gasteiger partial charge < -0.3 is 0 Å². The van der Waals surface area contributed by atoms with E-state index in [0.29, 0.717) is 0 Å². The Labute approximate surface area is 57.6 Å². The third-order valence-corrected chi connectivity index (χ3v) is 3.52. The molecule has 0 N–H and O–H groups in total. The molecule has 0 aliphatic heterocycles. The molecule has 0 saturated heterocycles. The summed E-state index contributed by atoms with van der Waals surface area (Å²) in [6, 6.07) is 0. The third kappa shape index (κ3) is 0.720. The molecule has 2 fully saturated rings. The Balaban J connectivity index is 2.07. The van der Waals surface area contributed by atoms with Crippen LogP contribution in [0.4, 0.5) is 0 Å². The van der Waals surface area contributed by atoms with Crippen LogP contribution in [0.2, 0.25) is 0 Å². The first-order valence-electron chi connectivity index (χ1n) is 4.22. The topological polar surface area (TPSA) is 0 Å². The van der Waals surface area contributed by atoms with Gasteiger partial charge in [0.2, 0.25) is 0 Å². The van der Waals surface area contributed by atoms with E-state index in [1.54, 1.807) is 0 Å². The van der Waals surface area contributed by atoms with Crippen LogP contribution in [0.1, 0.15) is 39.5 Å². The fraction of sp³-hybridized carbons (Fsp3) is 1.00. The van der Waals surface area contributed by atoms with Crippen LogP contribution in [0.25, 0.3) is 0 Å². The Bertz CT molecular complexity index is 128. The first kappa shape index (κ1) is 5.76. The standard InChI is InChI=1S/C9H16/c1-7-4-3-5-9(2)6-8(7)9/h7-8H,3-6H2,1-2H3/t7?,8-,9?/m1/s1. The van der Waals surface area contributed by atoms with E-state index in [1.165, 1.54) is 25.7 Å². The molecule has 0 nitrogen and oxygen atoms in total. The van der Waals surface area contributed by atoms with E-state index in [4.69, 9.17) is 0 Å². The Morgan fingerprint density at radius 1 is 1.44 bits per heavy atom. The van der Waals surface area contributed by atoms with Gasteiger partial charge in [-0.05, 0) is 30.1 Å². The van der Waals surface area contributed by atoms with Crippen molar-refractivity contribution in [3.05, 3.63) is 0 Å². The van der Waals surface area contributed by atoms with Crippen molar-refractivity contribution >= 4 is 0 Å². The van der Waals surface area contributed by atoms with Gasteiger partial charge in [0.1, 0.15) is 0 Å². The Morgan fingerprint density at radius 2 is 2.22 bits per heavy atom. The van der Waals surface area contributed by atoms with Crippen molar-refractivity contribution in [2.45, 2.75) is 39.5 Å². The normalized spacial score (nSPS) is 56.7. The van der Waals surface area contributed by atoms with Crippen molar-refractivity contribution in [3.63, 3.8) is 0 Å². The lowest BCUT2D eigenvalue weighted by Gasteiger charge is -2.22. The lowest BCUT2D eigenvalue weighted by molar-refractivity contribution is 0.288. The van der Waals surface area contributed by atoms with E-state index in [0.717, 1.165) is 17.3 Å². The van der Waals surface area contributed by atoms with E-state index < -0.39 is 0 Å². The SMILES string of the molecule is CC1CCCC2(C)C[C@H]12. The van der Waals surface area contributed by atoms with Gasteiger partial charge >= 0.3 is 0 Å². The zero-order chi connectivity index (χ0) is 6.48. The quantitative estimate of drug-likeness (QED) is 0.466. The van der Waals surface area contributed by atoms with Crippen LogP contribution in [0.15, 0.2) is 0 Å². The first-order chi connectivity index (χ1) is 4.22. The van der Waals surface area contributed by atoms with Crippen LogP contribution in [0.3, 0.4) is 0 Å². The molecule has 2 rings (SSSR count). The maximum Gasteiger partial charge on any atom is -0.0292 e. The molecular weight excluding hydrogens is 108 g/mol. The number of hydrogen-bond donors (Lipinski definition) is 0. The minimum absolute atomic E-state index is 0.817. The second kappa shape index (κ2) is 1.53. The van der Waals surface area contributed by atoms with Crippen LogP contribution in [0, 0.1) is 17.3 Å². The lowest BCUT2D eigenvalue weighted by atomic mass is 9.84. The van der Waals surface area contributed by atoms with Crippen molar-refractivity contribution in [3.8, 4) is 0 Å². The highest BCUT2D eigenvalue weighted by Gasteiger charge is 2.53. The molecular formula is C9H16. The molecule has 0 spiro atoms. The molecule has 0 radical (unpaired) electrons. The maximum atomic E-state index is 2.47. The highest BCUT2D eigenvalue weighted by molar-refractivity contribution is 5.03. The predicted octanol–water partition coefficient (Wildman–Crippen LogP) is 2.83. The van der Waals surface area contributed by atoms with Gasteiger partial charge in [-0.2, -0.15) is 0 Å². The molecule has 0 aromatic carbocycles. The summed E-state index contributed by atoms with van der Waals surface area (Å²) in [5.41, 5.74) is 0.817. The average Bonchev–Trinajstić information content (AvgIpc) is 2.43. The van der Waals surface area contributed by atoms with Gasteiger partial charge in [0.05, 0.1) is 0 Å². The highest BCUT2D eigenvalue weighted by Crippen LogP contribution is 2.62. The summed E-state index contributed by atoms with van der Waals surface area (Å²) in [5.74, 6) is 2.16. The summed E-state index contributed by atoms with van der Waals surface area (Å²) in [6.07, 6.45) is 6.05. The summed E-state index contributed by atoms with van der Waals surface area (Å²) in [7, 11) is 0. The summed E-state index contributed by atoms with van der Waals surface area (Å²) in [6.45, 7) is 4.89. The molecule has 0 aromatic heterocycles. The molecule has 0 aromatic rings. The smallest absolute Gasteiger partial charge is 0.0292 e. The van der Waals surface area contributed by atoms with Gasteiger partial charge in [-0.1, -0.05) is 26.7 Å². The van der Waals surface area contributed by atoms with E-state index >= 15 is 0 Å². The maximum absolute atomic E-state index is 2.47. The van der Waals surface area contributed by atoms with E-state index in [9.17, 15) is 0 Å². The fourth-order valence-corrected chi connectivity index (χ4v) is 2.65. The minimum atomic E-state index is 0.817. The molecule has 0 amide bonds. The molecule has 0 bridgehead atoms. The fourth-order valence-electron chi connectivity index (χ4n) is 2.65. The largest absolute Gasteiger partial charge is 0.0622 e. The molecule has 9 heavy (non-hydrogen) atoms. The van der Waals surface area contributed by atoms with Crippen LogP contribution < -0.4 is 0 Å². The van der Waals surface area contributed by atoms with Crippen molar-refractivity contribution in [1.82, 2.24) is 0 Å². The predicted molar refractivity (Wildman–Crippen MR) is 39.2 cm³/mol. The van der Waals surface area contributed by atoms with Gasteiger partial charge in [0, 0.05) is 0 Å². The van der Waals surface area contributed by atoms with E-state index in [1.807, 2.05) is 0 Å². The van der Waals surface area contributed by atoms with Crippen molar-refractivity contribution in [2.75, 3.05) is 0 Å². The molecule has 2 aliphatic rings. The first-order valence-corrected chi connectivity index (χ1v) is 4.22. The van der Waals surface area contributed by atoms with Gasteiger partial charge in [0.25, 0.3) is 0 Å². The minimum Gasteiger partial charge on any atom is -0.0622 e. The Hall–Kier alpha value is 0. The monoisotopic (exact) mass is 124 g/mol. The van der Waals surface area contributed by atoms with Gasteiger partial charge in [-0.3, -0.25) is 0 Å². The summed E-state index contributed by atoms with van der Waals surface area (Å²) < 4.78 is 0. The number of fused-ring (bicyclic) bond motifs is 1. The van der Waals surface area contributed by atoms with E-state index in [-0.39, 0.29) is 0 Å². The van der Waals surface area contributed by atoms with E-state index in [2.05, 4.69) is 13.8 Å². The molecule has 2 saturated carbocycles. The molecule has 52 valence electrons. The molecule has 0 heteroatoms. The summed E-state index contributed by atoms with van der Waals surface area (Å²) >= 11 is 0. The molecule has 0 heterocycles.